The Morgan fingerprint density at radius 3 is 2.63 bits per heavy atom. The van der Waals surface area contributed by atoms with E-state index in [1.165, 1.54) is 16.2 Å². The van der Waals surface area contributed by atoms with Crippen molar-refractivity contribution >= 4 is 34.8 Å². The van der Waals surface area contributed by atoms with Crippen LogP contribution in [-0.2, 0) is 0 Å². The Labute approximate surface area is 122 Å². The first-order valence-electron chi connectivity index (χ1n) is 6.28. The number of hydrogen-bond donors (Lipinski definition) is 0. The maximum absolute atomic E-state index is 5.96. The first-order chi connectivity index (χ1) is 9.22. The molecule has 0 amide bonds. The van der Waals surface area contributed by atoms with Gasteiger partial charge in [-0.3, -0.25) is 4.99 Å². The highest BCUT2D eigenvalue weighted by atomic mass is 35.5. The summed E-state index contributed by atoms with van der Waals surface area (Å²) in [6.45, 7) is 2.10. The highest BCUT2D eigenvalue weighted by Crippen LogP contribution is 2.44. The van der Waals surface area contributed by atoms with Crippen molar-refractivity contribution in [2.24, 2.45) is 4.99 Å². The molecule has 0 aliphatic carbocycles. The number of halogens is 1. The average Bonchev–Trinajstić information content (AvgIpc) is 2.57. The Kier molecular flexibility index (Phi) is 3.63. The Balaban J connectivity index is 1.98. The highest BCUT2D eigenvalue weighted by Gasteiger charge is 2.19. The molecule has 1 aliphatic heterocycles. The fourth-order valence-corrected chi connectivity index (χ4v) is 3.67. The molecule has 1 heterocycles. The summed E-state index contributed by atoms with van der Waals surface area (Å²) < 4.78 is 0. The summed E-state index contributed by atoms with van der Waals surface area (Å²) in [6, 6.07) is 16.5. The van der Waals surface area contributed by atoms with Crippen LogP contribution in [0.15, 0.2) is 58.4 Å². The number of nitrogens with zero attached hydrogens (tertiary/aromatic N) is 1. The van der Waals surface area contributed by atoms with E-state index >= 15 is 0 Å². The van der Waals surface area contributed by atoms with Gasteiger partial charge in [0, 0.05) is 27.3 Å². The normalized spacial score (nSPS) is 18.4. The second kappa shape index (κ2) is 5.40. The van der Waals surface area contributed by atoms with Crippen molar-refractivity contribution in [3.05, 3.63) is 59.1 Å². The summed E-state index contributed by atoms with van der Waals surface area (Å²) >= 11 is 7.84. The van der Waals surface area contributed by atoms with Crippen LogP contribution in [0.2, 0.25) is 5.02 Å². The maximum atomic E-state index is 5.96. The second-order valence-electron chi connectivity index (χ2n) is 4.68. The van der Waals surface area contributed by atoms with Gasteiger partial charge in [-0.05, 0) is 36.8 Å². The van der Waals surface area contributed by atoms with E-state index in [0.717, 1.165) is 17.1 Å². The number of fused-ring (bicyclic) bond motifs is 1. The topological polar surface area (TPSA) is 12.4 Å². The van der Waals surface area contributed by atoms with Crippen molar-refractivity contribution in [3.63, 3.8) is 0 Å². The number of hydrogen-bond acceptors (Lipinski definition) is 2. The Bertz CT molecular complexity index is 619. The van der Waals surface area contributed by atoms with E-state index in [4.69, 9.17) is 16.6 Å². The van der Waals surface area contributed by atoms with Crippen LogP contribution in [0.5, 0.6) is 0 Å². The molecular formula is C16H14ClNS. The molecule has 2 aromatic rings. The lowest BCUT2D eigenvalue weighted by molar-refractivity contribution is 1.00. The maximum Gasteiger partial charge on any atom is 0.0764 e. The minimum atomic E-state index is 0.407. The largest absolute Gasteiger partial charge is 0.257 e. The molecule has 0 aromatic heterocycles. The van der Waals surface area contributed by atoms with E-state index in [9.17, 15) is 0 Å². The molecule has 3 heteroatoms. The van der Waals surface area contributed by atoms with Crippen LogP contribution in [0.3, 0.4) is 0 Å². The van der Waals surface area contributed by atoms with Gasteiger partial charge in [0.1, 0.15) is 0 Å². The van der Waals surface area contributed by atoms with Crippen LogP contribution in [0.1, 0.15) is 24.2 Å². The number of rotatable bonds is 1. The molecule has 0 spiro atoms. The van der Waals surface area contributed by atoms with Gasteiger partial charge in [0.15, 0.2) is 0 Å². The van der Waals surface area contributed by atoms with Crippen molar-refractivity contribution in [3.8, 4) is 0 Å². The fraction of sp³-hybridized carbons (Fsp3) is 0.188. The fourth-order valence-electron chi connectivity index (χ4n) is 2.23. The number of benzene rings is 2. The molecule has 1 unspecified atom stereocenters. The van der Waals surface area contributed by atoms with Crippen LogP contribution in [0.4, 0.5) is 5.69 Å². The van der Waals surface area contributed by atoms with Crippen molar-refractivity contribution < 1.29 is 0 Å². The van der Waals surface area contributed by atoms with E-state index in [2.05, 4.69) is 37.3 Å². The summed E-state index contributed by atoms with van der Waals surface area (Å²) in [5.41, 5.74) is 3.57. The van der Waals surface area contributed by atoms with E-state index in [0.29, 0.717) is 5.25 Å². The van der Waals surface area contributed by atoms with Gasteiger partial charge in [0.25, 0.3) is 0 Å². The molecule has 1 nitrogen and oxygen atoms in total. The molecular weight excluding hydrogens is 274 g/mol. The van der Waals surface area contributed by atoms with Gasteiger partial charge in [-0.2, -0.15) is 0 Å². The SMILES string of the molecule is CC1=Nc2ccccc2SC(c2ccc(Cl)cc2)C1. The van der Waals surface area contributed by atoms with E-state index in [1.807, 2.05) is 30.0 Å². The first-order valence-corrected chi connectivity index (χ1v) is 7.53. The van der Waals surface area contributed by atoms with Crippen LogP contribution >= 0.6 is 23.4 Å². The van der Waals surface area contributed by atoms with Gasteiger partial charge in [-0.15, -0.1) is 11.8 Å². The van der Waals surface area contributed by atoms with Gasteiger partial charge in [0.05, 0.1) is 5.69 Å². The van der Waals surface area contributed by atoms with Gasteiger partial charge >= 0.3 is 0 Å². The molecule has 2 aromatic carbocycles. The van der Waals surface area contributed by atoms with Gasteiger partial charge in [-0.25, -0.2) is 0 Å². The summed E-state index contributed by atoms with van der Waals surface area (Å²) in [6.07, 6.45) is 0.973. The predicted octanol–water partition coefficient (Wildman–Crippen LogP) is 5.67. The lowest BCUT2D eigenvalue weighted by Gasteiger charge is -2.15. The third-order valence-electron chi connectivity index (χ3n) is 3.17. The van der Waals surface area contributed by atoms with Gasteiger partial charge < -0.3 is 0 Å². The number of aliphatic imine (C=N–C) groups is 1. The quantitative estimate of drug-likeness (QED) is 0.658. The molecule has 19 heavy (non-hydrogen) atoms. The molecule has 1 aliphatic rings. The van der Waals surface area contributed by atoms with Crippen LogP contribution in [-0.4, -0.2) is 5.71 Å². The van der Waals surface area contributed by atoms with E-state index in [1.54, 1.807) is 0 Å². The molecule has 0 saturated carbocycles. The molecule has 0 bridgehead atoms. The van der Waals surface area contributed by atoms with Crippen LogP contribution in [0.25, 0.3) is 0 Å². The van der Waals surface area contributed by atoms with Gasteiger partial charge in [-0.1, -0.05) is 35.9 Å². The lowest BCUT2D eigenvalue weighted by atomic mass is 10.1. The zero-order valence-electron chi connectivity index (χ0n) is 10.6. The molecule has 1 atom stereocenters. The third kappa shape index (κ3) is 2.85. The first kappa shape index (κ1) is 12.8. The zero-order valence-corrected chi connectivity index (χ0v) is 12.2. The second-order valence-corrected chi connectivity index (χ2v) is 6.36. The van der Waals surface area contributed by atoms with E-state index < -0.39 is 0 Å². The minimum Gasteiger partial charge on any atom is -0.257 e. The smallest absolute Gasteiger partial charge is 0.0764 e. The Hall–Kier alpha value is -1.25. The zero-order chi connectivity index (χ0) is 13.2. The van der Waals surface area contributed by atoms with Crippen LogP contribution < -0.4 is 0 Å². The molecule has 96 valence electrons. The highest BCUT2D eigenvalue weighted by molar-refractivity contribution is 7.99. The Morgan fingerprint density at radius 1 is 1.11 bits per heavy atom. The molecule has 0 saturated heterocycles. The van der Waals surface area contributed by atoms with Gasteiger partial charge in [0.2, 0.25) is 0 Å². The molecule has 0 fully saturated rings. The third-order valence-corrected chi connectivity index (χ3v) is 4.74. The minimum absolute atomic E-state index is 0.407. The van der Waals surface area contributed by atoms with Crippen molar-refractivity contribution in [1.82, 2.24) is 0 Å². The van der Waals surface area contributed by atoms with Crippen molar-refractivity contribution in [1.29, 1.82) is 0 Å². The van der Waals surface area contributed by atoms with Crippen LogP contribution in [0, 0.1) is 0 Å². The lowest BCUT2D eigenvalue weighted by Crippen LogP contribution is -1.99. The molecule has 3 rings (SSSR count). The van der Waals surface area contributed by atoms with Crippen molar-refractivity contribution in [2.75, 3.05) is 0 Å². The summed E-state index contributed by atoms with van der Waals surface area (Å²) in [5, 5.41) is 1.19. The Morgan fingerprint density at radius 2 is 1.84 bits per heavy atom. The average molecular weight is 288 g/mol. The monoisotopic (exact) mass is 287 g/mol. The van der Waals surface area contributed by atoms with E-state index in [-0.39, 0.29) is 0 Å². The molecule has 0 N–H and O–H groups in total. The summed E-state index contributed by atoms with van der Waals surface area (Å²) in [4.78, 5) is 5.95. The summed E-state index contributed by atoms with van der Waals surface area (Å²) in [5.74, 6) is 0. The molecule has 0 radical (unpaired) electrons. The summed E-state index contributed by atoms with van der Waals surface area (Å²) in [7, 11) is 0. The van der Waals surface area contributed by atoms with Crippen molar-refractivity contribution in [2.45, 2.75) is 23.5 Å². The number of thioether (sulfide) groups is 1. The standard InChI is InChI=1S/C16H14ClNS/c1-11-10-16(12-6-8-13(17)9-7-12)19-15-5-3-2-4-14(15)18-11/h2-9,16H,10H2,1H3. The predicted molar refractivity (Wildman–Crippen MR) is 83.9 cm³/mol. The number of para-hydroxylation sites is 1.